The lowest BCUT2D eigenvalue weighted by atomic mass is 10.1. The third-order valence-electron chi connectivity index (χ3n) is 4.84. The number of benzene rings is 2. The molecular formula is C25H33BrO3. The standard InChI is InChI=1S/C25H33BrO3/c1-4-5-6-7-8-9-18-28-22-14-10-20(11-15-22)21-12-16-23(17-13-21)29-25(27)24(26)19(2)3/h10-17,19,24H,4-9,18H2,1-3H3. The van der Waals surface area contributed by atoms with Crippen LogP contribution in [0.15, 0.2) is 48.5 Å². The fourth-order valence-electron chi connectivity index (χ4n) is 2.98. The van der Waals surface area contributed by atoms with Gasteiger partial charge in [-0.2, -0.15) is 0 Å². The molecule has 1 unspecified atom stereocenters. The number of hydrogen-bond donors (Lipinski definition) is 0. The molecule has 2 rings (SSSR count). The first kappa shape index (κ1) is 23.5. The van der Waals surface area contributed by atoms with Crippen LogP contribution in [-0.2, 0) is 4.79 Å². The third-order valence-corrected chi connectivity index (χ3v) is 6.27. The minimum Gasteiger partial charge on any atom is -0.494 e. The minimum atomic E-state index is -0.300. The van der Waals surface area contributed by atoms with Gasteiger partial charge in [-0.3, -0.25) is 4.79 Å². The predicted molar refractivity (Wildman–Crippen MR) is 124 cm³/mol. The molecule has 0 aliphatic heterocycles. The number of esters is 1. The van der Waals surface area contributed by atoms with E-state index in [1.807, 2.05) is 50.2 Å². The molecule has 29 heavy (non-hydrogen) atoms. The highest BCUT2D eigenvalue weighted by molar-refractivity contribution is 9.10. The van der Waals surface area contributed by atoms with Gasteiger partial charge in [0.1, 0.15) is 16.3 Å². The van der Waals surface area contributed by atoms with Crippen molar-refractivity contribution in [3.63, 3.8) is 0 Å². The molecule has 3 nitrogen and oxygen atoms in total. The smallest absolute Gasteiger partial charge is 0.325 e. The molecule has 0 aliphatic carbocycles. The second kappa shape index (κ2) is 12.7. The number of hydrogen-bond acceptors (Lipinski definition) is 3. The largest absolute Gasteiger partial charge is 0.494 e. The molecule has 1 atom stereocenters. The van der Waals surface area contributed by atoms with Crippen molar-refractivity contribution in [3.05, 3.63) is 48.5 Å². The summed E-state index contributed by atoms with van der Waals surface area (Å²) in [7, 11) is 0. The summed E-state index contributed by atoms with van der Waals surface area (Å²) in [6.45, 7) is 6.97. The molecule has 0 heterocycles. The molecular weight excluding hydrogens is 428 g/mol. The Labute approximate surface area is 183 Å². The van der Waals surface area contributed by atoms with Crippen LogP contribution in [-0.4, -0.2) is 17.4 Å². The zero-order chi connectivity index (χ0) is 21.1. The summed E-state index contributed by atoms with van der Waals surface area (Å²) in [4.78, 5) is 11.7. The van der Waals surface area contributed by atoms with E-state index in [9.17, 15) is 4.79 Å². The van der Waals surface area contributed by atoms with E-state index in [4.69, 9.17) is 9.47 Å². The molecule has 0 bridgehead atoms. The van der Waals surface area contributed by atoms with Gasteiger partial charge in [-0.25, -0.2) is 0 Å². The molecule has 0 radical (unpaired) electrons. The van der Waals surface area contributed by atoms with Crippen molar-refractivity contribution in [3.8, 4) is 22.6 Å². The van der Waals surface area contributed by atoms with Gasteiger partial charge in [-0.05, 0) is 47.7 Å². The SMILES string of the molecule is CCCCCCCCOc1ccc(-c2ccc(OC(=O)C(Br)C(C)C)cc2)cc1. The maximum atomic E-state index is 12.0. The molecule has 0 spiro atoms. The van der Waals surface area contributed by atoms with E-state index >= 15 is 0 Å². The van der Waals surface area contributed by atoms with Crippen LogP contribution in [0.5, 0.6) is 11.5 Å². The van der Waals surface area contributed by atoms with Crippen molar-refractivity contribution in [2.75, 3.05) is 6.61 Å². The van der Waals surface area contributed by atoms with E-state index in [2.05, 4.69) is 35.0 Å². The summed E-state index contributed by atoms with van der Waals surface area (Å²) in [5.41, 5.74) is 2.18. The quantitative estimate of drug-likeness (QED) is 0.143. The monoisotopic (exact) mass is 460 g/mol. The van der Waals surface area contributed by atoms with Crippen molar-refractivity contribution in [2.45, 2.75) is 64.1 Å². The number of carbonyl (C=O) groups is 1. The highest BCUT2D eigenvalue weighted by Crippen LogP contribution is 2.25. The maximum absolute atomic E-state index is 12.0. The Hall–Kier alpha value is -1.81. The van der Waals surface area contributed by atoms with E-state index in [0.717, 1.165) is 29.9 Å². The van der Waals surface area contributed by atoms with E-state index in [1.165, 1.54) is 32.1 Å². The van der Waals surface area contributed by atoms with Gasteiger partial charge >= 0.3 is 5.97 Å². The van der Waals surface area contributed by atoms with Crippen molar-refractivity contribution in [1.29, 1.82) is 0 Å². The Kier molecular flexibility index (Phi) is 10.3. The summed E-state index contributed by atoms with van der Waals surface area (Å²) in [6.07, 6.45) is 7.60. The summed E-state index contributed by atoms with van der Waals surface area (Å²) < 4.78 is 11.3. The number of alkyl halides is 1. The van der Waals surface area contributed by atoms with Crippen molar-refractivity contribution >= 4 is 21.9 Å². The van der Waals surface area contributed by atoms with Crippen LogP contribution in [0.3, 0.4) is 0 Å². The van der Waals surface area contributed by atoms with E-state index in [-0.39, 0.29) is 16.7 Å². The zero-order valence-corrected chi connectivity index (χ0v) is 19.4. The molecule has 2 aromatic rings. The fourth-order valence-corrected chi connectivity index (χ4v) is 3.07. The average molecular weight is 461 g/mol. The van der Waals surface area contributed by atoms with Crippen molar-refractivity contribution < 1.29 is 14.3 Å². The number of carbonyl (C=O) groups excluding carboxylic acids is 1. The summed E-state index contributed by atoms with van der Waals surface area (Å²) in [5.74, 6) is 1.39. The van der Waals surface area contributed by atoms with Crippen LogP contribution in [0.25, 0.3) is 11.1 Å². The zero-order valence-electron chi connectivity index (χ0n) is 17.8. The predicted octanol–water partition coefficient (Wildman–Crippen LogP) is 7.42. The van der Waals surface area contributed by atoms with Crippen LogP contribution >= 0.6 is 15.9 Å². The van der Waals surface area contributed by atoms with Crippen LogP contribution in [0.2, 0.25) is 0 Å². The Morgan fingerprint density at radius 3 is 1.90 bits per heavy atom. The average Bonchev–Trinajstić information content (AvgIpc) is 2.73. The normalized spacial score (nSPS) is 12.0. The Bertz CT molecular complexity index is 723. The molecule has 0 fully saturated rings. The molecule has 0 amide bonds. The second-order valence-corrected chi connectivity index (χ2v) is 8.72. The van der Waals surface area contributed by atoms with E-state index in [1.54, 1.807) is 0 Å². The summed E-state index contributed by atoms with van der Waals surface area (Å²) in [5, 5.41) is 0. The lowest BCUT2D eigenvalue weighted by molar-refractivity contribution is -0.134. The molecule has 4 heteroatoms. The Morgan fingerprint density at radius 1 is 0.828 bits per heavy atom. The van der Waals surface area contributed by atoms with E-state index in [0.29, 0.717) is 5.75 Å². The van der Waals surface area contributed by atoms with Gasteiger partial charge < -0.3 is 9.47 Å². The first-order valence-corrected chi connectivity index (χ1v) is 11.6. The third kappa shape index (κ3) is 8.22. The van der Waals surface area contributed by atoms with Crippen LogP contribution in [0.1, 0.15) is 59.3 Å². The van der Waals surface area contributed by atoms with Crippen LogP contribution in [0.4, 0.5) is 0 Å². The lowest BCUT2D eigenvalue weighted by Gasteiger charge is -2.13. The van der Waals surface area contributed by atoms with Crippen molar-refractivity contribution in [1.82, 2.24) is 0 Å². The molecule has 0 aromatic heterocycles. The molecule has 0 aliphatic rings. The molecule has 0 saturated carbocycles. The Balaban J connectivity index is 1.81. The maximum Gasteiger partial charge on any atom is 0.325 e. The van der Waals surface area contributed by atoms with Crippen LogP contribution in [0, 0.1) is 5.92 Å². The first-order valence-electron chi connectivity index (χ1n) is 10.7. The number of unbranched alkanes of at least 4 members (excludes halogenated alkanes) is 5. The van der Waals surface area contributed by atoms with Crippen molar-refractivity contribution in [2.24, 2.45) is 5.92 Å². The van der Waals surface area contributed by atoms with Gasteiger partial charge in [0.2, 0.25) is 0 Å². The molecule has 2 aromatic carbocycles. The van der Waals surface area contributed by atoms with Gasteiger partial charge in [-0.15, -0.1) is 0 Å². The van der Waals surface area contributed by atoms with Crippen LogP contribution < -0.4 is 9.47 Å². The molecule has 0 N–H and O–H groups in total. The first-order chi connectivity index (χ1) is 14.0. The lowest BCUT2D eigenvalue weighted by Crippen LogP contribution is -2.24. The highest BCUT2D eigenvalue weighted by atomic mass is 79.9. The highest BCUT2D eigenvalue weighted by Gasteiger charge is 2.20. The number of rotatable bonds is 12. The van der Waals surface area contributed by atoms with E-state index < -0.39 is 0 Å². The molecule has 0 saturated heterocycles. The van der Waals surface area contributed by atoms with Gasteiger partial charge in [0, 0.05) is 0 Å². The van der Waals surface area contributed by atoms with Gasteiger partial charge in [0.25, 0.3) is 0 Å². The number of ether oxygens (including phenoxy) is 2. The topological polar surface area (TPSA) is 35.5 Å². The van der Waals surface area contributed by atoms with Gasteiger partial charge in [0.15, 0.2) is 0 Å². The minimum absolute atomic E-state index is 0.184. The van der Waals surface area contributed by atoms with Gasteiger partial charge in [0.05, 0.1) is 6.61 Å². The molecule has 158 valence electrons. The summed E-state index contributed by atoms with van der Waals surface area (Å²) >= 11 is 3.37. The second-order valence-electron chi connectivity index (χ2n) is 7.73. The number of halogens is 1. The summed E-state index contributed by atoms with van der Waals surface area (Å²) in [6, 6.07) is 15.7. The Morgan fingerprint density at radius 2 is 1.34 bits per heavy atom. The fraction of sp³-hybridized carbons (Fsp3) is 0.480. The van der Waals surface area contributed by atoms with Gasteiger partial charge in [-0.1, -0.05) is 93.1 Å².